The molecule has 0 radical (unpaired) electrons. The zero-order chi connectivity index (χ0) is 21.2. The van der Waals surface area contributed by atoms with E-state index in [4.69, 9.17) is 4.74 Å². The molecule has 1 amide bonds. The number of hydrogen-bond donors (Lipinski definition) is 1. The quantitative estimate of drug-likeness (QED) is 0.628. The summed E-state index contributed by atoms with van der Waals surface area (Å²) in [6.07, 6.45) is -3.14. The predicted molar refractivity (Wildman–Crippen MR) is 101 cm³/mol. The molecule has 29 heavy (non-hydrogen) atoms. The highest BCUT2D eigenvalue weighted by atomic mass is 19.4. The summed E-state index contributed by atoms with van der Waals surface area (Å²) in [5.74, 6) is -0.731. The van der Waals surface area contributed by atoms with Gasteiger partial charge in [0.25, 0.3) is 0 Å². The first-order chi connectivity index (χ1) is 13.7. The van der Waals surface area contributed by atoms with Gasteiger partial charge in [0, 0.05) is 18.4 Å². The number of rotatable bonds is 6. The Bertz CT molecular complexity index is 1070. The van der Waals surface area contributed by atoms with Crippen molar-refractivity contribution in [1.29, 1.82) is 0 Å². The molecule has 1 aromatic heterocycles. The molecule has 2 aromatic carbocycles. The Morgan fingerprint density at radius 2 is 1.97 bits per heavy atom. The first-order valence-electron chi connectivity index (χ1n) is 8.64. The van der Waals surface area contributed by atoms with Crippen molar-refractivity contribution >= 4 is 28.4 Å². The number of anilines is 1. The van der Waals surface area contributed by atoms with Gasteiger partial charge in [-0.2, -0.15) is 13.2 Å². The number of carbonyl (C=O) groups is 2. The van der Waals surface area contributed by atoms with Gasteiger partial charge in [-0.15, -0.1) is 0 Å². The third-order valence-electron chi connectivity index (χ3n) is 4.25. The number of alkyl halides is 3. The third-order valence-corrected chi connectivity index (χ3v) is 4.25. The standard InChI is InChI=1S/C20H18F3N3O3/c1-12(27)16-4-3-5-17-19(16)26(11-24-17)9-18(28)25-15-7-13(10-29-2)6-14(8-15)20(21,22)23/h3-8,11H,9-10H2,1-2H3,(H,25,28). The predicted octanol–water partition coefficient (Wildman–Crippen LogP) is 4.04. The van der Waals surface area contributed by atoms with Crippen LogP contribution in [-0.2, 0) is 28.9 Å². The number of fused-ring (bicyclic) bond motifs is 1. The van der Waals surface area contributed by atoms with Crippen LogP contribution >= 0.6 is 0 Å². The number of hydrogen-bond acceptors (Lipinski definition) is 4. The average Bonchev–Trinajstić information content (AvgIpc) is 3.03. The molecule has 0 saturated carbocycles. The molecular weight excluding hydrogens is 387 g/mol. The van der Waals surface area contributed by atoms with Crippen LogP contribution in [0.3, 0.4) is 0 Å². The van der Waals surface area contributed by atoms with E-state index in [0.717, 1.165) is 12.1 Å². The van der Waals surface area contributed by atoms with Crippen LogP contribution in [0.4, 0.5) is 18.9 Å². The summed E-state index contributed by atoms with van der Waals surface area (Å²) in [7, 11) is 1.37. The van der Waals surface area contributed by atoms with Gasteiger partial charge < -0.3 is 14.6 Å². The zero-order valence-electron chi connectivity index (χ0n) is 15.7. The molecule has 0 saturated heterocycles. The van der Waals surface area contributed by atoms with Crippen molar-refractivity contribution in [2.75, 3.05) is 12.4 Å². The van der Waals surface area contributed by atoms with E-state index in [9.17, 15) is 22.8 Å². The smallest absolute Gasteiger partial charge is 0.380 e. The van der Waals surface area contributed by atoms with Gasteiger partial charge in [-0.05, 0) is 42.8 Å². The molecular formula is C20H18F3N3O3. The van der Waals surface area contributed by atoms with Gasteiger partial charge in [0.2, 0.25) is 5.91 Å². The van der Waals surface area contributed by atoms with E-state index >= 15 is 0 Å². The molecule has 0 fully saturated rings. The van der Waals surface area contributed by atoms with Gasteiger partial charge in [0.15, 0.2) is 5.78 Å². The van der Waals surface area contributed by atoms with E-state index in [1.807, 2.05) is 0 Å². The second-order valence-electron chi connectivity index (χ2n) is 6.50. The normalized spacial score (nSPS) is 11.6. The first-order valence-corrected chi connectivity index (χ1v) is 8.64. The fourth-order valence-electron chi connectivity index (χ4n) is 3.06. The number of benzene rings is 2. The third kappa shape index (κ3) is 4.62. The van der Waals surface area contributed by atoms with Gasteiger partial charge in [0.1, 0.15) is 6.54 Å². The van der Waals surface area contributed by atoms with E-state index in [0.29, 0.717) is 16.6 Å². The first kappa shape index (κ1) is 20.5. The number of amides is 1. The Morgan fingerprint density at radius 3 is 2.62 bits per heavy atom. The van der Waals surface area contributed by atoms with Crippen LogP contribution in [0, 0.1) is 0 Å². The van der Waals surface area contributed by atoms with Crippen LogP contribution in [0.15, 0.2) is 42.7 Å². The SMILES string of the molecule is COCc1cc(NC(=O)Cn2cnc3cccc(C(C)=O)c32)cc(C(F)(F)F)c1. The van der Waals surface area contributed by atoms with Crippen LogP contribution in [0.25, 0.3) is 11.0 Å². The number of nitrogens with one attached hydrogen (secondary N) is 1. The Balaban J connectivity index is 1.87. The van der Waals surface area contributed by atoms with Crippen molar-refractivity contribution in [3.05, 3.63) is 59.4 Å². The molecule has 1 N–H and O–H groups in total. The fourth-order valence-corrected chi connectivity index (χ4v) is 3.06. The van der Waals surface area contributed by atoms with Crippen LogP contribution in [0.2, 0.25) is 0 Å². The monoisotopic (exact) mass is 405 g/mol. The van der Waals surface area contributed by atoms with Gasteiger partial charge in [-0.25, -0.2) is 4.98 Å². The van der Waals surface area contributed by atoms with E-state index in [1.54, 1.807) is 18.2 Å². The van der Waals surface area contributed by atoms with Gasteiger partial charge in [0.05, 0.1) is 29.5 Å². The van der Waals surface area contributed by atoms with Crippen molar-refractivity contribution in [2.45, 2.75) is 26.3 Å². The molecule has 0 unspecified atom stereocenters. The number of halogens is 3. The highest BCUT2D eigenvalue weighted by Crippen LogP contribution is 2.32. The molecule has 1 heterocycles. The summed E-state index contributed by atoms with van der Waals surface area (Å²) in [5.41, 5.74) is 0.868. The molecule has 3 rings (SSSR count). The van der Waals surface area contributed by atoms with Crippen LogP contribution in [0.1, 0.15) is 28.4 Å². The summed E-state index contributed by atoms with van der Waals surface area (Å²) in [5, 5.41) is 2.48. The number of nitrogens with zero attached hydrogens (tertiary/aromatic N) is 2. The van der Waals surface area contributed by atoms with E-state index < -0.39 is 17.6 Å². The fraction of sp³-hybridized carbons (Fsp3) is 0.250. The molecule has 6 nitrogen and oxygen atoms in total. The number of para-hydroxylation sites is 1. The number of Topliss-reactive ketones (excluding diaryl/α,β-unsaturated/α-hetero) is 1. The number of carbonyl (C=O) groups excluding carboxylic acids is 2. The molecule has 3 aromatic rings. The van der Waals surface area contributed by atoms with Crippen molar-refractivity contribution in [2.24, 2.45) is 0 Å². The topological polar surface area (TPSA) is 73.2 Å². The minimum Gasteiger partial charge on any atom is -0.380 e. The maximum absolute atomic E-state index is 13.1. The van der Waals surface area contributed by atoms with Crippen LogP contribution in [-0.4, -0.2) is 28.4 Å². The molecule has 0 aliphatic carbocycles. The summed E-state index contributed by atoms with van der Waals surface area (Å²) >= 11 is 0. The van der Waals surface area contributed by atoms with Gasteiger partial charge >= 0.3 is 6.18 Å². The summed E-state index contributed by atoms with van der Waals surface area (Å²) in [4.78, 5) is 28.5. The Labute approximate surface area is 164 Å². The molecule has 152 valence electrons. The van der Waals surface area contributed by atoms with Crippen molar-refractivity contribution in [1.82, 2.24) is 9.55 Å². The summed E-state index contributed by atoms with van der Waals surface area (Å²) in [6.45, 7) is 1.17. The summed E-state index contributed by atoms with van der Waals surface area (Å²) in [6, 6.07) is 8.29. The number of ether oxygens (including phenoxy) is 1. The number of methoxy groups -OCH3 is 1. The van der Waals surface area contributed by atoms with Gasteiger partial charge in [-0.3, -0.25) is 9.59 Å². The maximum atomic E-state index is 13.1. The Hall–Kier alpha value is -3.20. The average molecular weight is 405 g/mol. The molecule has 0 aliphatic heterocycles. The molecule has 0 spiro atoms. The highest BCUT2D eigenvalue weighted by Gasteiger charge is 2.31. The van der Waals surface area contributed by atoms with Gasteiger partial charge in [-0.1, -0.05) is 6.07 Å². The van der Waals surface area contributed by atoms with Crippen molar-refractivity contribution in [3.63, 3.8) is 0 Å². The number of imidazole rings is 1. The van der Waals surface area contributed by atoms with Crippen LogP contribution in [0.5, 0.6) is 0 Å². The van der Waals surface area contributed by atoms with E-state index in [1.165, 1.54) is 31.0 Å². The molecule has 0 atom stereocenters. The maximum Gasteiger partial charge on any atom is 0.416 e. The summed E-state index contributed by atoms with van der Waals surface area (Å²) < 4.78 is 45.8. The lowest BCUT2D eigenvalue weighted by Gasteiger charge is -2.13. The van der Waals surface area contributed by atoms with Crippen LogP contribution < -0.4 is 5.32 Å². The Morgan fingerprint density at radius 1 is 1.21 bits per heavy atom. The molecule has 9 heteroatoms. The largest absolute Gasteiger partial charge is 0.416 e. The Kier molecular flexibility index (Phi) is 5.69. The molecule has 0 aliphatic rings. The van der Waals surface area contributed by atoms with Crippen molar-refractivity contribution < 1.29 is 27.5 Å². The number of aromatic nitrogens is 2. The highest BCUT2D eigenvalue weighted by molar-refractivity contribution is 6.05. The zero-order valence-corrected chi connectivity index (χ0v) is 15.7. The minimum atomic E-state index is -4.56. The lowest BCUT2D eigenvalue weighted by Crippen LogP contribution is -2.19. The van der Waals surface area contributed by atoms with E-state index in [2.05, 4.69) is 10.3 Å². The number of ketones is 1. The second kappa shape index (κ2) is 8.04. The lowest BCUT2D eigenvalue weighted by atomic mass is 10.1. The lowest BCUT2D eigenvalue weighted by molar-refractivity contribution is -0.137. The van der Waals surface area contributed by atoms with Crippen molar-refractivity contribution in [3.8, 4) is 0 Å². The van der Waals surface area contributed by atoms with E-state index in [-0.39, 0.29) is 30.2 Å². The molecule has 0 bridgehead atoms. The minimum absolute atomic E-state index is 0.00749. The second-order valence-corrected chi connectivity index (χ2v) is 6.50.